The highest BCUT2D eigenvalue weighted by Crippen LogP contribution is 2.26. The number of carbonyl (C=O) groups excluding carboxylic acids is 1. The number of hydrogen-bond donors (Lipinski definition) is 0. The highest BCUT2D eigenvalue weighted by molar-refractivity contribution is 9.10. The molecule has 2 aromatic carbocycles. The molecule has 0 aliphatic heterocycles. The molecular weight excluding hydrogens is 450 g/mol. The molecular formula is C22H20BrN3O4. The summed E-state index contributed by atoms with van der Waals surface area (Å²) in [6, 6.07) is 11.5. The normalized spacial score (nSPS) is 11.1. The molecule has 0 fully saturated rings. The summed E-state index contributed by atoms with van der Waals surface area (Å²) in [6.45, 7) is 4.41. The van der Waals surface area contributed by atoms with Crippen LogP contribution in [-0.4, -0.2) is 27.6 Å². The Balaban J connectivity index is 1.89. The summed E-state index contributed by atoms with van der Waals surface area (Å²) in [5, 5.41) is 15.7. The van der Waals surface area contributed by atoms with Gasteiger partial charge in [-0.15, -0.1) is 0 Å². The molecule has 3 aromatic rings. The maximum Gasteiger partial charge on any atom is 0.280 e. The second-order valence-corrected chi connectivity index (χ2v) is 7.48. The number of ketones is 1. The van der Waals surface area contributed by atoms with Gasteiger partial charge in [0, 0.05) is 11.6 Å². The van der Waals surface area contributed by atoms with E-state index in [2.05, 4.69) is 21.0 Å². The Labute approximate surface area is 182 Å². The van der Waals surface area contributed by atoms with E-state index >= 15 is 0 Å². The van der Waals surface area contributed by atoms with Gasteiger partial charge in [-0.1, -0.05) is 24.3 Å². The van der Waals surface area contributed by atoms with Crippen molar-refractivity contribution >= 4 is 33.5 Å². The molecule has 154 valence electrons. The zero-order valence-electron chi connectivity index (χ0n) is 16.8. The standard InChI is InChI=1S/C22H20BrN3O4/c1-14-22(23)15(2)25(24-14)13-17-12-16(9-11-21(17)30-3)8-10-20(27)18-6-4-5-7-19(18)26(28)29/h4-12H,13H2,1-3H3/b10-8+. The molecule has 7 nitrogen and oxygen atoms in total. The molecule has 0 aliphatic carbocycles. The van der Waals surface area contributed by atoms with Gasteiger partial charge in [0.2, 0.25) is 0 Å². The minimum atomic E-state index is -0.556. The minimum absolute atomic E-state index is 0.0555. The molecule has 0 bridgehead atoms. The fraction of sp³-hybridized carbons (Fsp3) is 0.182. The second kappa shape index (κ2) is 9.04. The van der Waals surface area contributed by atoms with Gasteiger partial charge < -0.3 is 4.74 Å². The van der Waals surface area contributed by atoms with Crippen LogP contribution in [0.4, 0.5) is 5.69 Å². The van der Waals surface area contributed by atoms with E-state index in [1.165, 1.54) is 24.3 Å². The van der Waals surface area contributed by atoms with Gasteiger partial charge in [-0.05, 0) is 59.6 Å². The number of nitrogens with zero attached hydrogens (tertiary/aromatic N) is 3. The van der Waals surface area contributed by atoms with Gasteiger partial charge in [-0.3, -0.25) is 19.6 Å². The molecule has 0 spiro atoms. The third kappa shape index (κ3) is 4.49. The minimum Gasteiger partial charge on any atom is -0.496 e. The smallest absolute Gasteiger partial charge is 0.280 e. The lowest BCUT2D eigenvalue weighted by atomic mass is 10.1. The first-order valence-electron chi connectivity index (χ1n) is 9.14. The van der Waals surface area contributed by atoms with Crippen molar-refractivity contribution in [3.63, 3.8) is 0 Å². The number of aromatic nitrogens is 2. The first-order valence-corrected chi connectivity index (χ1v) is 9.93. The Morgan fingerprint density at radius 1 is 1.27 bits per heavy atom. The number of nitro groups is 1. The third-order valence-corrected chi connectivity index (χ3v) is 5.86. The van der Waals surface area contributed by atoms with Crippen LogP contribution in [0.1, 0.15) is 32.9 Å². The molecule has 0 aliphatic rings. The first-order chi connectivity index (χ1) is 14.3. The monoisotopic (exact) mass is 469 g/mol. The van der Waals surface area contributed by atoms with Crippen molar-refractivity contribution in [3.8, 4) is 5.75 Å². The van der Waals surface area contributed by atoms with Crippen LogP contribution in [0.3, 0.4) is 0 Å². The molecule has 8 heteroatoms. The van der Waals surface area contributed by atoms with E-state index in [1.807, 2.05) is 36.7 Å². The van der Waals surface area contributed by atoms with Gasteiger partial charge in [0.15, 0.2) is 5.78 Å². The molecule has 0 radical (unpaired) electrons. The van der Waals surface area contributed by atoms with E-state index in [9.17, 15) is 14.9 Å². The number of ether oxygens (including phenoxy) is 1. The van der Waals surface area contributed by atoms with E-state index in [1.54, 1.807) is 19.3 Å². The van der Waals surface area contributed by atoms with Crippen LogP contribution < -0.4 is 4.74 Å². The van der Waals surface area contributed by atoms with Crippen molar-refractivity contribution in [3.05, 3.63) is 91.2 Å². The zero-order chi connectivity index (χ0) is 21.8. The quantitative estimate of drug-likeness (QED) is 0.207. The zero-order valence-corrected chi connectivity index (χ0v) is 18.3. The molecule has 0 amide bonds. The number of hydrogen-bond acceptors (Lipinski definition) is 5. The lowest BCUT2D eigenvalue weighted by molar-refractivity contribution is -0.385. The Morgan fingerprint density at radius 3 is 2.63 bits per heavy atom. The Hall–Kier alpha value is -3.26. The lowest BCUT2D eigenvalue weighted by Gasteiger charge is -2.11. The van der Waals surface area contributed by atoms with Crippen molar-refractivity contribution < 1.29 is 14.5 Å². The van der Waals surface area contributed by atoms with Crippen molar-refractivity contribution in [1.29, 1.82) is 0 Å². The van der Waals surface area contributed by atoms with Gasteiger partial charge in [-0.25, -0.2) is 0 Å². The van der Waals surface area contributed by atoms with Gasteiger partial charge in [-0.2, -0.15) is 5.10 Å². The number of para-hydroxylation sites is 1. The summed E-state index contributed by atoms with van der Waals surface area (Å²) in [5.74, 6) is 0.281. The number of methoxy groups -OCH3 is 1. The Kier molecular flexibility index (Phi) is 6.47. The summed E-state index contributed by atoms with van der Waals surface area (Å²) in [5.41, 5.74) is 3.42. The number of carbonyl (C=O) groups is 1. The summed E-state index contributed by atoms with van der Waals surface area (Å²) in [6.07, 6.45) is 2.98. The summed E-state index contributed by atoms with van der Waals surface area (Å²) in [7, 11) is 1.60. The van der Waals surface area contributed by atoms with Crippen LogP contribution in [0.25, 0.3) is 6.08 Å². The molecule has 0 N–H and O–H groups in total. The topological polar surface area (TPSA) is 87.3 Å². The molecule has 30 heavy (non-hydrogen) atoms. The average molecular weight is 470 g/mol. The van der Waals surface area contributed by atoms with Crippen molar-refractivity contribution in [1.82, 2.24) is 9.78 Å². The summed E-state index contributed by atoms with van der Waals surface area (Å²) in [4.78, 5) is 23.1. The van der Waals surface area contributed by atoms with Gasteiger partial charge in [0.1, 0.15) is 5.75 Å². The second-order valence-electron chi connectivity index (χ2n) is 6.69. The van der Waals surface area contributed by atoms with Crippen LogP contribution in [0.2, 0.25) is 0 Å². The average Bonchev–Trinajstić information content (AvgIpc) is 2.98. The molecule has 0 saturated heterocycles. The predicted molar refractivity (Wildman–Crippen MR) is 118 cm³/mol. The fourth-order valence-electron chi connectivity index (χ4n) is 3.12. The maximum atomic E-state index is 12.5. The fourth-order valence-corrected chi connectivity index (χ4v) is 3.40. The van der Waals surface area contributed by atoms with Crippen molar-refractivity contribution in [2.24, 2.45) is 0 Å². The van der Waals surface area contributed by atoms with E-state index in [4.69, 9.17) is 4.74 Å². The molecule has 1 aromatic heterocycles. The number of aryl methyl sites for hydroxylation is 1. The van der Waals surface area contributed by atoms with Gasteiger partial charge in [0.05, 0.1) is 40.0 Å². The van der Waals surface area contributed by atoms with Gasteiger partial charge >= 0.3 is 0 Å². The molecule has 1 heterocycles. The highest BCUT2D eigenvalue weighted by atomic mass is 79.9. The molecule has 3 rings (SSSR count). The summed E-state index contributed by atoms with van der Waals surface area (Å²) < 4.78 is 8.31. The number of nitro benzene ring substituents is 1. The Morgan fingerprint density at radius 2 is 2.00 bits per heavy atom. The Bertz CT molecular complexity index is 1150. The number of halogens is 1. The van der Waals surface area contributed by atoms with E-state index in [0.717, 1.165) is 27.0 Å². The number of allylic oxidation sites excluding steroid dienone is 1. The molecule has 0 saturated carbocycles. The third-order valence-electron chi connectivity index (χ3n) is 4.71. The SMILES string of the molecule is COc1ccc(/C=C/C(=O)c2ccccc2[N+](=O)[O-])cc1Cn1nc(C)c(Br)c1C. The van der Waals surface area contributed by atoms with Crippen molar-refractivity contribution in [2.75, 3.05) is 7.11 Å². The van der Waals surface area contributed by atoms with E-state index in [0.29, 0.717) is 12.3 Å². The van der Waals surface area contributed by atoms with Crippen molar-refractivity contribution in [2.45, 2.75) is 20.4 Å². The maximum absolute atomic E-state index is 12.5. The van der Waals surface area contributed by atoms with Crippen LogP contribution in [0.15, 0.2) is 53.0 Å². The largest absolute Gasteiger partial charge is 0.496 e. The number of benzene rings is 2. The first kappa shape index (κ1) is 21.4. The van der Waals surface area contributed by atoms with Crippen LogP contribution in [0.5, 0.6) is 5.75 Å². The highest BCUT2D eigenvalue weighted by Gasteiger charge is 2.17. The lowest BCUT2D eigenvalue weighted by Crippen LogP contribution is -2.06. The van der Waals surface area contributed by atoms with E-state index in [-0.39, 0.29) is 11.3 Å². The van der Waals surface area contributed by atoms with Crippen LogP contribution in [0, 0.1) is 24.0 Å². The molecule has 0 unspecified atom stereocenters. The van der Waals surface area contributed by atoms with E-state index < -0.39 is 10.7 Å². The predicted octanol–water partition coefficient (Wildman–Crippen LogP) is 5.12. The number of rotatable bonds is 7. The summed E-state index contributed by atoms with van der Waals surface area (Å²) >= 11 is 3.53. The van der Waals surface area contributed by atoms with Gasteiger partial charge in [0.25, 0.3) is 5.69 Å². The van der Waals surface area contributed by atoms with Crippen LogP contribution in [-0.2, 0) is 6.54 Å². The molecule has 0 atom stereocenters. The van der Waals surface area contributed by atoms with Crippen LogP contribution >= 0.6 is 15.9 Å².